The molecule has 1 aliphatic heterocycles. The van der Waals surface area contributed by atoms with E-state index < -0.39 is 72.6 Å². The van der Waals surface area contributed by atoms with E-state index in [1.54, 1.807) is 0 Å². The second-order valence-corrected chi connectivity index (χ2v) is 6.61. The first-order valence-corrected chi connectivity index (χ1v) is 8.88. The minimum Gasteiger partial charge on any atom is -0.481 e. The number of carbonyl (C=O) groups excluding carboxylic acids is 4. The Labute approximate surface area is 165 Å². The number of amides is 4. The van der Waals surface area contributed by atoms with Gasteiger partial charge in [0, 0.05) is 0 Å². The Morgan fingerprint density at radius 2 is 1.59 bits per heavy atom. The fourth-order valence-corrected chi connectivity index (χ4v) is 2.62. The number of nitrogens with one attached hydrogen (secondary N) is 4. The van der Waals surface area contributed by atoms with E-state index in [4.69, 9.17) is 15.9 Å². The molecule has 0 aromatic heterocycles. The summed E-state index contributed by atoms with van der Waals surface area (Å²) in [5, 5.41) is 27.3. The topological polar surface area (TPSA) is 217 Å². The van der Waals surface area contributed by atoms with Gasteiger partial charge in [-0.25, -0.2) is 0 Å². The second kappa shape index (κ2) is 10.9. The van der Waals surface area contributed by atoms with Crippen molar-refractivity contribution in [3.8, 4) is 0 Å². The SMILES string of the molecule is CC(NC(=O)C(CC(N)=O)NC(=O)C(CC(=O)O)NC(=O)C1CCCN1)C(=O)O. The lowest BCUT2D eigenvalue weighted by molar-refractivity contribution is -0.143. The molecule has 29 heavy (non-hydrogen) atoms. The molecule has 0 aromatic rings. The first kappa shape index (κ1) is 23.8. The van der Waals surface area contributed by atoms with Crippen LogP contribution in [0.4, 0.5) is 0 Å². The Kier molecular flexibility index (Phi) is 8.99. The summed E-state index contributed by atoms with van der Waals surface area (Å²) in [6, 6.07) is -4.93. The number of carboxylic acids is 2. The van der Waals surface area contributed by atoms with Crippen LogP contribution in [0.5, 0.6) is 0 Å². The molecule has 1 heterocycles. The molecule has 8 N–H and O–H groups in total. The molecule has 0 spiro atoms. The van der Waals surface area contributed by atoms with Gasteiger partial charge in [-0.1, -0.05) is 0 Å². The Morgan fingerprint density at radius 1 is 1.00 bits per heavy atom. The zero-order chi connectivity index (χ0) is 22.1. The molecule has 13 nitrogen and oxygen atoms in total. The van der Waals surface area contributed by atoms with E-state index in [-0.39, 0.29) is 0 Å². The van der Waals surface area contributed by atoms with Crippen molar-refractivity contribution in [3.05, 3.63) is 0 Å². The summed E-state index contributed by atoms with van der Waals surface area (Å²) < 4.78 is 0. The highest BCUT2D eigenvalue weighted by Crippen LogP contribution is 2.06. The molecule has 162 valence electrons. The van der Waals surface area contributed by atoms with Crippen LogP contribution in [0.1, 0.15) is 32.6 Å². The van der Waals surface area contributed by atoms with Gasteiger partial charge in [-0.15, -0.1) is 0 Å². The maximum absolute atomic E-state index is 12.5. The Morgan fingerprint density at radius 3 is 2.07 bits per heavy atom. The third-order valence-electron chi connectivity index (χ3n) is 4.16. The summed E-state index contributed by atoms with van der Waals surface area (Å²) in [5.74, 6) is -6.27. The van der Waals surface area contributed by atoms with Crippen LogP contribution in [0.2, 0.25) is 0 Å². The van der Waals surface area contributed by atoms with E-state index >= 15 is 0 Å². The van der Waals surface area contributed by atoms with Crippen molar-refractivity contribution < 1.29 is 39.0 Å². The van der Waals surface area contributed by atoms with E-state index in [1.165, 1.54) is 6.92 Å². The van der Waals surface area contributed by atoms with Gasteiger partial charge >= 0.3 is 11.9 Å². The number of carbonyl (C=O) groups is 6. The molecule has 1 saturated heterocycles. The minimum atomic E-state index is -1.54. The predicted octanol–water partition coefficient (Wildman–Crippen LogP) is -3.35. The van der Waals surface area contributed by atoms with Crippen LogP contribution in [-0.2, 0) is 28.8 Å². The number of hydrogen-bond acceptors (Lipinski definition) is 7. The summed E-state index contributed by atoms with van der Waals surface area (Å²) in [5.41, 5.74) is 5.06. The maximum Gasteiger partial charge on any atom is 0.325 e. The average Bonchev–Trinajstić information content (AvgIpc) is 3.14. The molecule has 0 aromatic carbocycles. The number of hydrogen-bond donors (Lipinski definition) is 7. The minimum absolute atomic E-state index is 0.521. The summed E-state index contributed by atoms with van der Waals surface area (Å²) in [7, 11) is 0. The molecular weight excluding hydrogens is 390 g/mol. The zero-order valence-corrected chi connectivity index (χ0v) is 15.8. The first-order valence-electron chi connectivity index (χ1n) is 8.88. The highest BCUT2D eigenvalue weighted by Gasteiger charge is 2.32. The maximum atomic E-state index is 12.5. The summed E-state index contributed by atoms with van der Waals surface area (Å²) in [6.45, 7) is 1.78. The van der Waals surface area contributed by atoms with Crippen molar-refractivity contribution in [2.75, 3.05) is 6.54 Å². The smallest absolute Gasteiger partial charge is 0.325 e. The van der Waals surface area contributed by atoms with Crippen molar-refractivity contribution in [3.63, 3.8) is 0 Å². The molecule has 0 aliphatic carbocycles. The second-order valence-electron chi connectivity index (χ2n) is 6.61. The molecule has 1 aliphatic rings. The van der Waals surface area contributed by atoms with E-state index in [9.17, 15) is 28.8 Å². The van der Waals surface area contributed by atoms with Crippen LogP contribution in [0.15, 0.2) is 0 Å². The van der Waals surface area contributed by atoms with Crippen molar-refractivity contribution in [2.24, 2.45) is 5.73 Å². The van der Waals surface area contributed by atoms with Crippen molar-refractivity contribution in [1.82, 2.24) is 21.3 Å². The van der Waals surface area contributed by atoms with E-state index in [0.29, 0.717) is 13.0 Å². The molecule has 13 heteroatoms. The van der Waals surface area contributed by atoms with E-state index in [1.807, 2.05) is 0 Å². The lowest BCUT2D eigenvalue weighted by Crippen LogP contribution is -2.57. The molecule has 4 amide bonds. The zero-order valence-electron chi connectivity index (χ0n) is 15.8. The largest absolute Gasteiger partial charge is 0.481 e. The van der Waals surface area contributed by atoms with Gasteiger partial charge in [0.2, 0.25) is 23.6 Å². The molecule has 1 rings (SSSR count). The number of aliphatic carboxylic acids is 2. The fraction of sp³-hybridized carbons (Fsp3) is 0.625. The molecular formula is C16H25N5O8. The van der Waals surface area contributed by atoms with Crippen molar-refractivity contribution >= 4 is 35.6 Å². The number of nitrogens with two attached hydrogens (primary N) is 1. The Hall–Kier alpha value is -3.22. The van der Waals surface area contributed by atoms with Crippen LogP contribution in [0.3, 0.4) is 0 Å². The van der Waals surface area contributed by atoms with Gasteiger partial charge in [-0.05, 0) is 26.3 Å². The third-order valence-corrected chi connectivity index (χ3v) is 4.16. The molecule has 4 atom stereocenters. The van der Waals surface area contributed by atoms with E-state index in [2.05, 4.69) is 21.3 Å². The van der Waals surface area contributed by atoms with Gasteiger partial charge in [-0.2, -0.15) is 0 Å². The van der Waals surface area contributed by atoms with Crippen LogP contribution in [0, 0.1) is 0 Å². The summed E-state index contributed by atoms with van der Waals surface area (Å²) >= 11 is 0. The molecule has 0 saturated carbocycles. The van der Waals surface area contributed by atoms with Crippen LogP contribution < -0.4 is 27.0 Å². The predicted molar refractivity (Wildman–Crippen MR) is 96.2 cm³/mol. The van der Waals surface area contributed by atoms with Crippen molar-refractivity contribution in [1.29, 1.82) is 0 Å². The van der Waals surface area contributed by atoms with Gasteiger partial charge in [0.05, 0.1) is 18.9 Å². The lowest BCUT2D eigenvalue weighted by Gasteiger charge is -2.23. The quantitative estimate of drug-likeness (QED) is 0.179. The number of carboxylic acid groups (broad SMARTS) is 2. The van der Waals surface area contributed by atoms with Crippen LogP contribution in [-0.4, -0.2) is 76.5 Å². The Balaban J connectivity index is 2.87. The molecule has 1 fully saturated rings. The third kappa shape index (κ3) is 8.13. The van der Waals surface area contributed by atoms with Gasteiger partial charge in [-0.3, -0.25) is 28.8 Å². The molecule has 0 bridgehead atoms. The van der Waals surface area contributed by atoms with Crippen molar-refractivity contribution in [2.45, 2.75) is 56.8 Å². The summed E-state index contributed by atoms with van der Waals surface area (Å²) in [4.78, 5) is 70.0. The lowest BCUT2D eigenvalue weighted by atomic mass is 10.1. The van der Waals surface area contributed by atoms with Crippen LogP contribution >= 0.6 is 0 Å². The summed E-state index contributed by atoms with van der Waals surface area (Å²) in [6.07, 6.45) is -0.147. The van der Waals surface area contributed by atoms with Gasteiger partial charge in [0.1, 0.15) is 18.1 Å². The normalized spacial score (nSPS) is 18.7. The fourth-order valence-electron chi connectivity index (χ4n) is 2.62. The molecule has 4 unspecified atom stereocenters. The van der Waals surface area contributed by atoms with Gasteiger partial charge in [0.15, 0.2) is 0 Å². The standard InChI is InChI=1S/C16H25N5O8/c1-7(16(28)29)19-14(26)9(5-11(17)22)20-15(27)10(6-12(23)24)21-13(25)8-3-2-4-18-8/h7-10,18H,2-6H2,1H3,(H2,17,22)(H,19,26)(H,20,27)(H,21,25)(H,23,24)(H,28,29). The van der Waals surface area contributed by atoms with Gasteiger partial charge in [0.25, 0.3) is 0 Å². The number of rotatable bonds is 11. The Bertz CT molecular complexity index is 676. The monoisotopic (exact) mass is 415 g/mol. The highest BCUT2D eigenvalue weighted by atomic mass is 16.4. The molecule has 0 radical (unpaired) electrons. The number of primary amides is 1. The van der Waals surface area contributed by atoms with E-state index in [0.717, 1.165) is 6.42 Å². The highest BCUT2D eigenvalue weighted by molar-refractivity contribution is 5.97. The van der Waals surface area contributed by atoms with Gasteiger partial charge < -0.3 is 37.2 Å². The van der Waals surface area contributed by atoms with Crippen LogP contribution in [0.25, 0.3) is 0 Å². The first-order chi connectivity index (χ1) is 13.5. The average molecular weight is 415 g/mol.